The van der Waals surface area contributed by atoms with E-state index in [1.54, 1.807) is 13.3 Å². The predicted octanol–water partition coefficient (Wildman–Crippen LogP) is 3.77. The summed E-state index contributed by atoms with van der Waals surface area (Å²) in [6.45, 7) is 3.61. The van der Waals surface area contributed by atoms with Crippen molar-refractivity contribution in [1.29, 1.82) is 0 Å². The normalized spacial score (nSPS) is 16.1. The van der Waals surface area contributed by atoms with E-state index in [2.05, 4.69) is 9.97 Å². The van der Waals surface area contributed by atoms with Gasteiger partial charge >= 0.3 is 0 Å². The quantitative estimate of drug-likeness (QED) is 0.640. The molecule has 1 amide bonds. The van der Waals surface area contributed by atoms with Crippen molar-refractivity contribution in [1.82, 2.24) is 14.9 Å². The Labute approximate surface area is 170 Å². The smallest absolute Gasteiger partial charge is 0.256 e. The van der Waals surface area contributed by atoms with E-state index in [1.165, 1.54) is 0 Å². The summed E-state index contributed by atoms with van der Waals surface area (Å²) in [5.41, 5.74) is 2.90. The highest BCUT2D eigenvalue weighted by Crippen LogP contribution is 2.26. The topological polar surface area (TPSA) is 64.5 Å². The fraction of sp³-hybridized carbons (Fsp3) is 0.348. The van der Waals surface area contributed by atoms with Gasteiger partial charge in [0.05, 0.1) is 36.7 Å². The van der Waals surface area contributed by atoms with Gasteiger partial charge in [0, 0.05) is 24.7 Å². The van der Waals surface area contributed by atoms with Crippen LogP contribution in [0.15, 0.2) is 48.7 Å². The molecule has 1 unspecified atom stereocenters. The van der Waals surface area contributed by atoms with Gasteiger partial charge in [0.2, 0.25) is 0 Å². The van der Waals surface area contributed by atoms with E-state index in [-0.39, 0.29) is 12.0 Å². The first-order valence-corrected chi connectivity index (χ1v) is 9.91. The number of nitrogens with zero attached hydrogens (tertiary/aromatic N) is 3. The predicted molar refractivity (Wildman–Crippen MR) is 111 cm³/mol. The molecule has 1 atom stereocenters. The lowest BCUT2D eigenvalue weighted by atomic mass is 10.1. The van der Waals surface area contributed by atoms with Crippen LogP contribution in [0.3, 0.4) is 0 Å². The highest BCUT2D eigenvalue weighted by Gasteiger charge is 2.25. The van der Waals surface area contributed by atoms with Crippen LogP contribution in [0.2, 0.25) is 0 Å². The van der Waals surface area contributed by atoms with E-state index in [0.717, 1.165) is 36.0 Å². The first kappa shape index (κ1) is 19.3. The molecule has 3 heterocycles. The summed E-state index contributed by atoms with van der Waals surface area (Å²) in [5.74, 6) is 0.648. The number of carbonyl (C=O) groups is 1. The van der Waals surface area contributed by atoms with E-state index < -0.39 is 0 Å². The highest BCUT2D eigenvalue weighted by atomic mass is 16.5. The molecule has 150 valence electrons. The number of hydrogen-bond donors (Lipinski definition) is 0. The van der Waals surface area contributed by atoms with Crippen molar-refractivity contribution >= 4 is 16.8 Å². The number of aryl methyl sites for hydroxylation is 1. The number of fused-ring (bicyclic) bond motifs is 1. The fourth-order valence-corrected chi connectivity index (χ4v) is 3.76. The van der Waals surface area contributed by atoms with Crippen molar-refractivity contribution in [3.8, 4) is 5.75 Å². The highest BCUT2D eigenvalue weighted by molar-refractivity contribution is 5.99. The molecule has 1 aliphatic heterocycles. The van der Waals surface area contributed by atoms with Crippen LogP contribution in [-0.2, 0) is 11.3 Å². The minimum Gasteiger partial charge on any atom is -0.494 e. The van der Waals surface area contributed by atoms with Gasteiger partial charge in [-0.2, -0.15) is 0 Å². The molecule has 6 nitrogen and oxygen atoms in total. The number of aromatic nitrogens is 2. The van der Waals surface area contributed by atoms with E-state index in [1.807, 2.05) is 54.3 Å². The number of rotatable bonds is 6. The average Bonchev–Trinajstić information content (AvgIpc) is 3.26. The van der Waals surface area contributed by atoms with Crippen molar-refractivity contribution < 1.29 is 14.3 Å². The van der Waals surface area contributed by atoms with Crippen molar-refractivity contribution in [3.05, 3.63) is 65.6 Å². The van der Waals surface area contributed by atoms with Crippen LogP contribution in [0.1, 0.15) is 34.6 Å². The fourth-order valence-electron chi connectivity index (χ4n) is 3.76. The third-order valence-corrected chi connectivity index (χ3v) is 5.26. The summed E-state index contributed by atoms with van der Waals surface area (Å²) in [6.07, 6.45) is 3.82. The van der Waals surface area contributed by atoms with Gasteiger partial charge < -0.3 is 14.4 Å². The number of hydrogen-bond acceptors (Lipinski definition) is 5. The lowest BCUT2D eigenvalue weighted by molar-refractivity contribution is 0.0503. The Bertz CT molecular complexity index is 1000. The van der Waals surface area contributed by atoms with Crippen molar-refractivity contribution in [3.63, 3.8) is 0 Å². The Morgan fingerprint density at radius 2 is 2.17 bits per heavy atom. The lowest BCUT2D eigenvalue weighted by Gasteiger charge is -2.26. The van der Waals surface area contributed by atoms with Gasteiger partial charge in [-0.25, -0.2) is 4.98 Å². The van der Waals surface area contributed by atoms with E-state index in [4.69, 9.17) is 9.47 Å². The molecular weight excluding hydrogens is 366 g/mol. The molecule has 0 bridgehead atoms. The number of para-hydroxylation sites is 1. The maximum absolute atomic E-state index is 13.5. The van der Waals surface area contributed by atoms with Gasteiger partial charge in [-0.05, 0) is 44.0 Å². The first-order valence-electron chi connectivity index (χ1n) is 9.91. The third-order valence-electron chi connectivity index (χ3n) is 5.26. The second kappa shape index (κ2) is 8.57. The second-order valence-corrected chi connectivity index (χ2v) is 7.30. The van der Waals surface area contributed by atoms with Gasteiger partial charge in [-0.1, -0.05) is 18.2 Å². The molecule has 29 heavy (non-hydrogen) atoms. The maximum Gasteiger partial charge on any atom is 0.256 e. The van der Waals surface area contributed by atoms with Gasteiger partial charge in [0.1, 0.15) is 11.3 Å². The summed E-state index contributed by atoms with van der Waals surface area (Å²) in [6, 6.07) is 13.4. The summed E-state index contributed by atoms with van der Waals surface area (Å²) >= 11 is 0. The minimum atomic E-state index is -0.0547. The third kappa shape index (κ3) is 4.22. The molecule has 3 aromatic rings. The largest absolute Gasteiger partial charge is 0.494 e. The van der Waals surface area contributed by atoms with Crippen LogP contribution in [0.25, 0.3) is 10.9 Å². The van der Waals surface area contributed by atoms with E-state index in [9.17, 15) is 4.79 Å². The van der Waals surface area contributed by atoms with Crippen molar-refractivity contribution in [2.24, 2.45) is 0 Å². The molecular formula is C23H25N3O3. The van der Waals surface area contributed by atoms with Crippen LogP contribution in [0.4, 0.5) is 0 Å². The van der Waals surface area contributed by atoms with Crippen LogP contribution in [-0.4, -0.2) is 47.1 Å². The molecule has 1 aliphatic rings. The van der Waals surface area contributed by atoms with Crippen LogP contribution in [0, 0.1) is 6.92 Å². The zero-order valence-corrected chi connectivity index (χ0v) is 16.8. The Hall–Kier alpha value is -2.99. The number of carbonyl (C=O) groups excluding carboxylic acids is 1. The standard InChI is InChI=1S/C23H25N3O3/c1-16-20(13-17-7-5-10-21(28-2)22(17)25-16)23(27)26(15-19-9-6-12-29-19)14-18-8-3-4-11-24-18/h3-5,7-8,10-11,13,19H,6,9,12,14-15H2,1-2H3. The number of benzene rings is 1. The van der Waals surface area contributed by atoms with E-state index in [0.29, 0.717) is 30.1 Å². The minimum absolute atomic E-state index is 0.0547. The Morgan fingerprint density at radius 1 is 1.28 bits per heavy atom. The van der Waals surface area contributed by atoms with Crippen molar-refractivity contribution in [2.75, 3.05) is 20.3 Å². The molecule has 0 spiro atoms. The Kier molecular flexibility index (Phi) is 5.71. The van der Waals surface area contributed by atoms with E-state index >= 15 is 0 Å². The molecule has 1 aromatic carbocycles. The molecule has 4 rings (SSSR count). The number of ether oxygens (including phenoxy) is 2. The van der Waals surface area contributed by atoms with Crippen molar-refractivity contribution in [2.45, 2.75) is 32.4 Å². The molecule has 6 heteroatoms. The summed E-state index contributed by atoms with van der Waals surface area (Å²) in [5, 5.41) is 0.883. The SMILES string of the molecule is COc1cccc2cc(C(=O)N(Cc3ccccn3)CC3CCCO3)c(C)nc12. The zero-order chi connectivity index (χ0) is 20.2. The summed E-state index contributed by atoms with van der Waals surface area (Å²) in [7, 11) is 1.63. The van der Waals surface area contributed by atoms with Gasteiger partial charge in [0.25, 0.3) is 5.91 Å². The average molecular weight is 391 g/mol. The molecule has 0 N–H and O–H groups in total. The molecule has 0 aliphatic carbocycles. The number of methoxy groups -OCH3 is 1. The van der Waals surface area contributed by atoms with Crippen LogP contribution >= 0.6 is 0 Å². The molecule has 0 radical (unpaired) electrons. The molecule has 2 aromatic heterocycles. The van der Waals surface area contributed by atoms with Gasteiger partial charge in [0.15, 0.2) is 0 Å². The molecule has 0 saturated carbocycles. The van der Waals surface area contributed by atoms with Crippen LogP contribution < -0.4 is 4.74 Å². The van der Waals surface area contributed by atoms with Gasteiger partial charge in [-0.15, -0.1) is 0 Å². The Morgan fingerprint density at radius 3 is 2.90 bits per heavy atom. The Balaban J connectivity index is 1.68. The molecule has 1 fully saturated rings. The number of pyridine rings is 2. The number of amides is 1. The summed E-state index contributed by atoms with van der Waals surface area (Å²) < 4.78 is 11.2. The lowest BCUT2D eigenvalue weighted by Crippen LogP contribution is -2.37. The summed E-state index contributed by atoms with van der Waals surface area (Å²) in [4.78, 5) is 24.4. The maximum atomic E-state index is 13.5. The van der Waals surface area contributed by atoms with Crippen LogP contribution in [0.5, 0.6) is 5.75 Å². The second-order valence-electron chi connectivity index (χ2n) is 7.30. The van der Waals surface area contributed by atoms with Gasteiger partial charge in [-0.3, -0.25) is 9.78 Å². The molecule has 1 saturated heterocycles. The zero-order valence-electron chi connectivity index (χ0n) is 16.8. The monoisotopic (exact) mass is 391 g/mol. The first-order chi connectivity index (χ1) is 14.2.